The summed E-state index contributed by atoms with van der Waals surface area (Å²) in [4.78, 5) is 35.8. The molecule has 148 valence electrons. The van der Waals surface area contributed by atoms with Crippen molar-refractivity contribution in [1.82, 2.24) is 10.6 Å². The molecule has 0 saturated heterocycles. The van der Waals surface area contributed by atoms with Crippen LogP contribution in [0.3, 0.4) is 0 Å². The molecule has 1 fully saturated rings. The fourth-order valence-corrected chi connectivity index (χ4v) is 3.32. The molecule has 7 heteroatoms. The lowest BCUT2D eigenvalue weighted by atomic mass is 10.1. The largest absolute Gasteiger partial charge is 0.481 e. The van der Waals surface area contributed by atoms with E-state index in [0.29, 0.717) is 5.75 Å². The lowest BCUT2D eigenvalue weighted by Gasteiger charge is -2.16. The van der Waals surface area contributed by atoms with Crippen LogP contribution in [0.15, 0.2) is 12.1 Å². The summed E-state index contributed by atoms with van der Waals surface area (Å²) in [5.74, 6) is -0.708. The van der Waals surface area contributed by atoms with Gasteiger partial charge in [0.25, 0.3) is 5.91 Å². The van der Waals surface area contributed by atoms with Crippen LogP contribution in [-0.2, 0) is 14.3 Å². The highest BCUT2D eigenvalue weighted by Gasteiger charge is 2.23. The first-order valence-electron chi connectivity index (χ1n) is 9.27. The Kier molecular flexibility index (Phi) is 7.21. The summed E-state index contributed by atoms with van der Waals surface area (Å²) < 4.78 is 10.6. The van der Waals surface area contributed by atoms with E-state index in [9.17, 15) is 14.4 Å². The Bertz CT molecular complexity index is 687. The zero-order valence-corrected chi connectivity index (χ0v) is 16.4. The molecule has 3 amide bonds. The van der Waals surface area contributed by atoms with Crippen molar-refractivity contribution in [3.05, 3.63) is 28.8 Å². The van der Waals surface area contributed by atoms with E-state index in [2.05, 4.69) is 10.6 Å². The Morgan fingerprint density at radius 3 is 2.30 bits per heavy atom. The molecule has 0 unspecified atom stereocenters. The van der Waals surface area contributed by atoms with Crippen LogP contribution in [-0.4, -0.2) is 36.7 Å². The van der Waals surface area contributed by atoms with E-state index in [1.54, 1.807) is 0 Å². The maximum atomic E-state index is 12.0. The van der Waals surface area contributed by atoms with E-state index in [1.165, 1.54) is 6.92 Å². The molecule has 0 radical (unpaired) electrons. The van der Waals surface area contributed by atoms with Crippen molar-refractivity contribution in [3.63, 3.8) is 0 Å². The van der Waals surface area contributed by atoms with Crippen LogP contribution in [0.2, 0.25) is 0 Å². The van der Waals surface area contributed by atoms with Crippen LogP contribution in [0.5, 0.6) is 5.75 Å². The second-order valence-corrected chi connectivity index (χ2v) is 7.09. The minimum atomic E-state index is -1.09. The van der Waals surface area contributed by atoms with Crippen molar-refractivity contribution in [1.29, 1.82) is 0 Å². The maximum absolute atomic E-state index is 12.0. The van der Waals surface area contributed by atoms with Gasteiger partial charge in [0.2, 0.25) is 0 Å². The summed E-state index contributed by atoms with van der Waals surface area (Å²) in [5.41, 5.74) is 2.96. The first kappa shape index (κ1) is 20.7. The number of carbonyl (C=O) groups excluding carboxylic acids is 3. The molecule has 2 N–H and O–H groups in total. The van der Waals surface area contributed by atoms with Gasteiger partial charge >= 0.3 is 12.0 Å². The van der Waals surface area contributed by atoms with E-state index in [4.69, 9.17) is 9.47 Å². The van der Waals surface area contributed by atoms with Gasteiger partial charge in [-0.15, -0.1) is 0 Å². The number of ether oxygens (including phenoxy) is 2. The van der Waals surface area contributed by atoms with Crippen molar-refractivity contribution in [3.8, 4) is 5.75 Å². The molecule has 0 aliphatic heterocycles. The van der Waals surface area contributed by atoms with E-state index in [0.717, 1.165) is 42.4 Å². The average molecular weight is 376 g/mol. The van der Waals surface area contributed by atoms with Crippen LogP contribution < -0.4 is 15.4 Å². The topological polar surface area (TPSA) is 93.7 Å². The lowest BCUT2D eigenvalue weighted by Crippen LogP contribution is -2.47. The zero-order chi connectivity index (χ0) is 20.0. The van der Waals surface area contributed by atoms with E-state index < -0.39 is 24.0 Å². The Balaban J connectivity index is 1.77. The monoisotopic (exact) mass is 376 g/mol. The van der Waals surface area contributed by atoms with E-state index in [-0.39, 0.29) is 12.6 Å². The summed E-state index contributed by atoms with van der Waals surface area (Å²) in [6.45, 7) is 6.90. The van der Waals surface area contributed by atoms with Gasteiger partial charge in [0.15, 0.2) is 12.7 Å². The summed E-state index contributed by atoms with van der Waals surface area (Å²) in [5, 5.41) is 4.95. The van der Waals surface area contributed by atoms with Crippen molar-refractivity contribution in [2.75, 3.05) is 6.61 Å². The van der Waals surface area contributed by atoms with Crippen LogP contribution in [0, 0.1) is 20.8 Å². The number of imide groups is 1. The Morgan fingerprint density at radius 2 is 1.70 bits per heavy atom. The number of nitrogens with one attached hydrogen (secondary N) is 2. The number of esters is 1. The Hall–Kier alpha value is -2.57. The highest BCUT2D eigenvalue weighted by Crippen LogP contribution is 2.24. The molecule has 0 spiro atoms. The molecule has 1 atom stereocenters. The molecule has 1 aliphatic carbocycles. The number of rotatable bonds is 6. The number of aryl methyl sites for hydroxylation is 3. The van der Waals surface area contributed by atoms with Gasteiger partial charge in [0, 0.05) is 6.04 Å². The molecule has 1 aliphatic rings. The molecule has 0 bridgehead atoms. The first-order valence-corrected chi connectivity index (χ1v) is 9.27. The molecule has 1 aromatic rings. The van der Waals surface area contributed by atoms with Crippen LogP contribution in [0.1, 0.15) is 49.3 Å². The summed E-state index contributed by atoms with van der Waals surface area (Å²) >= 11 is 0. The molecule has 1 saturated carbocycles. The number of carbonyl (C=O) groups is 3. The third-order valence-electron chi connectivity index (χ3n) is 4.54. The van der Waals surface area contributed by atoms with Crippen molar-refractivity contribution in [2.45, 2.75) is 65.5 Å². The fraction of sp³-hybridized carbons (Fsp3) is 0.550. The number of hydrogen-bond acceptors (Lipinski definition) is 5. The molecule has 0 aromatic heterocycles. The van der Waals surface area contributed by atoms with Crippen molar-refractivity contribution >= 4 is 17.9 Å². The third-order valence-corrected chi connectivity index (χ3v) is 4.54. The maximum Gasteiger partial charge on any atom is 0.344 e. The predicted molar refractivity (Wildman–Crippen MR) is 101 cm³/mol. The van der Waals surface area contributed by atoms with Gasteiger partial charge in [-0.1, -0.05) is 30.5 Å². The molecular formula is C20H28N2O5. The minimum Gasteiger partial charge on any atom is -0.481 e. The van der Waals surface area contributed by atoms with Gasteiger partial charge in [-0.3, -0.25) is 10.1 Å². The average Bonchev–Trinajstić information content (AvgIpc) is 3.06. The number of hydrogen-bond donors (Lipinski definition) is 2. The van der Waals surface area contributed by atoms with Crippen molar-refractivity contribution in [2.24, 2.45) is 0 Å². The molecule has 27 heavy (non-hydrogen) atoms. The molecular weight excluding hydrogens is 348 g/mol. The molecule has 7 nitrogen and oxygen atoms in total. The SMILES string of the molecule is Cc1cc(C)c(OCC(=O)O[C@H](C)C(=O)NC(=O)NC2CCCC2)c(C)c1. The Labute approximate surface area is 159 Å². The molecule has 0 heterocycles. The standard InChI is InChI=1S/C20H28N2O5/c1-12-9-13(2)18(14(3)10-12)26-11-17(23)27-15(4)19(24)22-20(25)21-16-7-5-6-8-16/h9-10,15-16H,5-8,11H2,1-4H3,(H2,21,22,24,25)/t15-/m1/s1. The van der Waals surface area contributed by atoms with Gasteiger partial charge in [-0.2, -0.15) is 0 Å². The normalized spacial score (nSPS) is 15.1. The predicted octanol–water partition coefficient (Wildman–Crippen LogP) is 2.69. The van der Waals surface area contributed by atoms with Crippen LogP contribution in [0.4, 0.5) is 4.79 Å². The highest BCUT2D eigenvalue weighted by atomic mass is 16.6. The van der Waals surface area contributed by atoms with Gasteiger partial charge in [0.05, 0.1) is 0 Å². The number of amides is 3. The lowest BCUT2D eigenvalue weighted by molar-refractivity contribution is -0.156. The smallest absolute Gasteiger partial charge is 0.344 e. The van der Waals surface area contributed by atoms with Gasteiger partial charge in [0.1, 0.15) is 5.75 Å². The van der Waals surface area contributed by atoms with Crippen LogP contribution in [0.25, 0.3) is 0 Å². The van der Waals surface area contributed by atoms with Crippen molar-refractivity contribution < 1.29 is 23.9 Å². The molecule has 2 rings (SSSR count). The summed E-state index contributed by atoms with van der Waals surface area (Å²) in [6, 6.07) is 3.47. The van der Waals surface area contributed by atoms with Crippen LogP contribution >= 0.6 is 0 Å². The second kappa shape index (κ2) is 9.39. The quantitative estimate of drug-likeness (QED) is 0.745. The van der Waals surface area contributed by atoms with Gasteiger partial charge in [-0.25, -0.2) is 9.59 Å². The zero-order valence-electron chi connectivity index (χ0n) is 16.4. The van der Waals surface area contributed by atoms with Gasteiger partial charge in [-0.05, 0) is 51.7 Å². The van der Waals surface area contributed by atoms with E-state index in [1.807, 2.05) is 32.9 Å². The Morgan fingerprint density at radius 1 is 1.11 bits per heavy atom. The fourth-order valence-electron chi connectivity index (χ4n) is 3.32. The minimum absolute atomic E-state index is 0.102. The van der Waals surface area contributed by atoms with Gasteiger partial charge < -0.3 is 14.8 Å². The first-order chi connectivity index (χ1) is 12.8. The number of urea groups is 1. The highest BCUT2D eigenvalue weighted by molar-refractivity contribution is 5.97. The second-order valence-electron chi connectivity index (χ2n) is 7.09. The number of benzene rings is 1. The molecule has 1 aromatic carbocycles. The van der Waals surface area contributed by atoms with E-state index >= 15 is 0 Å². The third kappa shape index (κ3) is 6.27. The summed E-state index contributed by atoms with van der Waals surface area (Å²) in [7, 11) is 0. The summed E-state index contributed by atoms with van der Waals surface area (Å²) in [6.07, 6.45) is 2.90.